The van der Waals surface area contributed by atoms with E-state index < -0.39 is 0 Å². The molecule has 6 heteroatoms. The van der Waals surface area contributed by atoms with Gasteiger partial charge in [-0.2, -0.15) is 0 Å². The topological polar surface area (TPSA) is 83.0 Å². The molecule has 0 aliphatic heterocycles. The number of pyridine rings is 1. The van der Waals surface area contributed by atoms with E-state index in [2.05, 4.69) is 26.7 Å². The van der Waals surface area contributed by atoms with E-state index in [1.165, 1.54) is 0 Å². The Balaban J connectivity index is 1.76. The molecular formula is C18H16N4O2. The summed E-state index contributed by atoms with van der Waals surface area (Å²) in [7, 11) is 1.60. The highest BCUT2D eigenvalue weighted by atomic mass is 16.3. The molecule has 0 aliphatic carbocycles. The van der Waals surface area contributed by atoms with Crippen molar-refractivity contribution >= 4 is 33.4 Å². The smallest absolute Gasteiger partial charge is 0.271 e. The highest BCUT2D eigenvalue weighted by Gasteiger charge is 2.14. The Morgan fingerprint density at radius 2 is 2.17 bits per heavy atom. The first-order valence-electron chi connectivity index (χ1n) is 7.65. The third-order valence-corrected chi connectivity index (χ3v) is 4.01. The average Bonchev–Trinajstić information content (AvgIpc) is 3.26. The Kier molecular flexibility index (Phi) is 3.42. The summed E-state index contributed by atoms with van der Waals surface area (Å²) in [5.74, 6) is 0.670. The van der Waals surface area contributed by atoms with E-state index in [1.54, 1.807) is 19.5 Å². The average molecular weight is 320 g/mol. The van der Waals surface area contributed by atoms with Crippen LogP contribution >= 0.6 is 0 Å². The molecule has 0 saturated carbocycles. The van der Waals surface area contributed by atoms with Gasteiger partial charge < -0.3 is 20.0 Å². The number of hydrogen-bond acceptors (Lipinski definition) is 4. The summed E-state index contributed by atoms with van der Waals surface area (Å²) in [5.41, 5.74) is 3.09. The molecule has 0 radical (unpaired) electrons. The van der Waals surface area contributed by atoms with Crippen LogP contribution in [0.4, 0.5) is 5.69 Å². The van der Waals surface area contributed by atoms with Crippen molar-refractivity contribution in [1.29, 1.82) is 0 Å². The van der Waals surface area contributed by atoms with Crippen LogP contribution in [0.5, 0.6) is 0 Å². The van der Waals surface area contributed by atoms with Crippen LogP contribution in [0.15, 0.2) is 53.3 Å². The Hall–Kier alpha value is -3.28. The third kappa shape index (κ3) is 2.38. The molecule has 0 fully saturated rings. The van der Waals surface area contributed by atoms with Crippen LogP contribution in [-0.4, -0.2) is 22.9 Å². The normalized spacial score (nSPS) is 11.0. The number of benzene rings is 1. The van der Waals surface area contributed by atoms with Crippen LogP contribution in [-0.2, 0) is 6.54 Å². The number of hydrogen-bond donors (Lipinski definition) is 3. The molecule has 3 aromatic heterocycles. The number of amides is 1. The standard InChI is InChI=1S/C18H16N4O2/c1-19-18(23)17-16-13(6-7-20-17)14-9-11(4-5-15(14)22-16)21-10-12-3-2-8-24-12/h2-9,21-22H,10H2,1H3,(H,19,23). The first kappa shape index (κ1) is 14.3. The molecule has 1 aromatic carbocycles. The number of carbonyl (C=O) groups is 1. The first-order valence-corrected chi connectivity index (χ1v) is 7.65. The van der Waals surface area contributed by atoms with Crippen molar-refractivity contribution in [2.75, 3.05) is 12.4 Å². The van der Waals surface area contributed by atoms with Gasteiger partial charge in [0.1, 0.15) is 5.76 Å². The first-order chi connectivity index (χ1) is 11.8. The number of nitrogens with zero attached hydrogens (tertiary/aromatic N) is 1. The number of fused-ring (bicyclic) bond motifs is 3. The lowest BCUT2D eigenvalue weighted by molar-refractivity contribution is 0.0960. The van der Waals surface area contributed by atoms with Crippen molar-refractivity contribution in [3.63, 3.8) is 0 Å². The van der Waals surface area contributed by atoms with Crippen molar-refractivity contribution in [3.05, 3.63) is 60.3 Å². The van der Waals surface area contributed by atoms with Crippen LogP contribution in [0.2, 0.25) is 0 Å². The molecule has 3 heterocycles. The number of anilines is 1. The van der Waals surface area contributed by atoms with Crippen molar-refractivity contribution in [3.8, 4) is 0 Å². The predicted molar refractivity (Wildman–Crippen MR) is 93.0 cm³/mol. The maximum absolute atomic E-state index is 12.0. The van der Waals surface area contributed by atoms with E-state index in [0.717, 1.165) is 33.3 Å². The number of furan rings is 1. The minimum Gasteiger partial charge on any atom is -0.467 e. The summed E-state index contributed by atoms with van der Waals surface area (Å²) >= 11 is 0. The van der Waals surface area contributed by atoms with Crippen molar-refractivity contribution in [2.45, 2.75) is 6.54 Å². The largest absolute Gasteiger partial charge is 0.467 e. The maximum atomic E-state index is 12.0. The third-order valence-electron chi connectivity index (χ3n) is 4.01. The number of carbonyl (C=O) groups excluding carboxylic acids is 1. The fourth-order valence-electron chi connectivity index (χ4n) is 2.83. The molecule has 1 amide bonds. The van der Waals surface area contributed by atoms with E-state index in [1.807, 2.05) is 30.3 Å². The number of aromatic amines is 1. The van der Waals surface area contributed by atoms with Gasteiger partial charge in [0.05, 0.1) is 18.3 Å². The van der Waals surface area contributed by atoms with Gasteiger partial charge in [0, 0.05) is 35.2 Å². The number of aromatic nitrogens is 2. The van der Waals surface area contributed by atoms with Gasteiger partial charge >= 0.3 is 0 Å². The molecular weight excluding hydrogens is 304 g/mol. The summed E-state index contributed by atoms with van der Waals surface area (Å²) in [4.78, 5) is 19.5. The fourth-order valence-corrected chi connectivity index (χ4v) is 2.83. The minimum atomic E-state index is -0.205. The second-order valence-electron chi connectivity index (χ2n) is 5.48. The van der Waals surface area contributed by atoms with E-state index in [0.29, 0.717) is 12.2 Å². The molecule has 3 N–H and O–H groups in total. The highest BCUT2D eigenvalue weighted by Crippen LogP contribution is 2.29. The summed E-state index contributed by atoms with van der Waals surface area (Å²) in [6.45, 7) is 0.617. The lowest BCUT2D eigenvalue weighted by atomic mass is 10.1. The van der Waals surface area contributed by atoms with E-state index in [4.69, 9.17) is 4.42 Å². The van der Waals surface area contributed by atoms with Gasteiger partial charge in [0.15, 0.2) is 5.69 Å². The number of rotatable bonds is 4. The zero-order valence-corrected chi connectivity index (χ0v) is 13.1. The van der Waals surface area contributed by atoms with Crippen LogP contribution < -0.4 is 10.6 Å². The van der Waals surface area contributed by atoms with Gasteiger partial charge in [-0.25, -0.2) is 4.98 Å². The number of nitrogens with one attached hydrogen (secondary N) is 3. The molecule has 0 bridgehead atoms. The van der Waals surface area contributed by atoms with E-state index in [9.17, 15) is 4.79 Å². The zero-order chi connectivity index (χ0) is 16.5. The van der Waals surface area contributed by atoms with Gasteiger partial charge in [-0.05, 0) is 36.4 Å². The molecule has 6 nitrogen and oxygen atoms in total. The SMILES string of the molecule is CNC(=O)c1nccc2c1[nH]c1ccc(NCc3ccco3)cc12. The summed E-state index contributed by atoms with van der Waals surface area (Å²) in [6.07, 6.45) is 3.32. The molecule has 24 heavy (non-hydrogen) atoms. The summed E-state index contributed by atoms with van der Waals surface area (Å²) in [6, 6.07) is 11.8. The molecule has 4 aromatic rings. The second-order valence-corrected chi connectivity index (χ2v) is 5.48. The number of H-pyrrole nitrogens is 1. The van der Waals surface area contributed by atoms with Crippen molar-refractivity contribution < 1.29 is 9.21 Å². The Bertz CT molecular complexity index is 1020. The second kappa shape index (κ2) is 5.73. The van der Waals surface area contributed by atoms with Gasteiger partial charge in [-0.15, -0.1) is 0 Å². The van der Waals surface area contributed by atoms with Gasteiger partial charge in [-0.1, -0.05) is 0 Å². The van der Waals surface area contributed by atoms with Crippen molar-refractivity contribution in [2.24, 2.45) is 0 Å². The fraction of sp³-hybridized carbons (Fsp3) is 0.111. The summed E-state index contributed by atoms with van der Waals surface area (Å²) < 4.78 is 5.33. The molecule has 4 rings (SSSR count). The Morgan fingerprint density at radius 1 is 1.25 bits per heavy atom. The molecule has 0 spiro atoms. The Morgan fingerprint density at radius 3 is 2.96 bits per heavy atom. The quantitative estimate of drug-likeness (QED) is 0.539. The predicted octanol–water partition coefficient (Wildman–Crippen LogP) is 3.28. The maximum Gasteiger partial charge on any atom is 0.271 e. The Labute approximate surface area is 137 Å². The van der Waals surface area contributed by atoms with Crippen molar-refractivity contribution in [1.82, 2.24) is 15.3 Å². The van der Waals surface area contributed by atoms with Crippen LogP contribution in [0.25, 0.3) is 21.8 Å². The van der Waals surface area contributed by atoms with Crippen LogP contribution in [0.1, 0.15) is 16.2 Å². The monoisotopic (exact) mass is 320 g/mol. The molecule has 0 atom stereocenters. The molecule has 120 valence electrons. The minimum absolute atomic E-state index is 0.205. The van der Waals surface area contributed by atoms with Crippen LogP contribution in [0.3, 0.4) is 0 Å². The van der Waals surface area contributed by atoms with Gasteiger partial charge in [-0.3, -0.25) is 4.79 Å². The molecule has 0 unspecified atom stereocenters. The molecule has 0 saturated heterocycles. The highest BCUT2D eigenvalue weighted by molar-refractivity contribution is 6.14. The molecule has 0 aliphatic rings. The van der Waals surface area contributed by atoms with Gasteiger partial charge in [0.25, 0.3) is 5.91 Å². The van der Waals surface area contributed by atoms with E-state index in [-0.39, 0.29) is 5.91 Å². The zero-order valence-electron chi connectivity index (χ0n) is 13.1. The lowest BCUT2D eigenvalue weighted by Gasteiger charge is -2.04. The lowest BCUT2D eigenvalue weighted by Crippen LogP contribution is -2.19. The summed E-state index contributed by atoms with van der Waals surface area (Å²) in [5, 5.41) is 7.98. The van der Waals surface area contributed by atoms with E-state index >= 15 is 0 Å². The van der Waals surface area contributed by atoms with Crippen LogP contribution in [0, 0.1) is 0 Å². The van der Waals surface area contributed by atoms with Gasteiger partial charge in [0.2, 0.25) is 0 Å².